The molecule has 2 aliphatic carbocycles. The number of nitro groups is 1. The van der Waals surface area contributed by atoms with E-state index in [0.717, 1.165) is 75.5 Å². The monoisotopic (exact) mass is 1020 g/mol. The second-order valence-corrected chi connectivity index (χ2v) is 23.8. The Morgan fingerprint density at radius 3 is 2.49 bits per heavy atom. The maximum absolute atomic E-state index is 14.7. The van der Waals surface area contributed by atoms with Crippen LogP contribution < -0.4 is 24.6 Å². The van der Waals surface area contributed by atoms with Crippen LogP contribution >= 0.6 is 0 Å². The Bertz CT molecular complexity index is 3000. The summed E-state index contributed by atoms with van der Waals surface area (Å²) in [6.07, 6.45) is 7.99. The van der Waals surface area contributed by atoms with Crippen LogP contribution in [0.2, 0.25) is 0 Å². The molecular formula is C55H68N8O9S. The largest absolute Gasteiger partial charge is 0.470 e. The fourth-order valence-electron chi connectivity index (χ4n) is 12.9. The molecule has 6 heterocycles. The number of aromatic nitrogens is 2. The molecule has 1 spiro atoms. The molecule has 4 aliphatic heterocycles. The molecule has 11 rings (SSSR count). The summed E-state index contributed by atoms with van der Waals surface area (Å²) in [5.41, 5.74) is 4.74. The van der Waals surface area contributed by atoms with Gasteiger partial charge in [0.25, 0.3) is 21.6 Å². The quantitative estimate of drug-likeness (QED) is 0.0681. The number of nitrogens with one attached hydrogen (secondary N) is 3. The van der Waals surface area contributed by atoms with Gasteiger partial charge in [0.05, 0.1) is 65.2 Å². The number of morpholine rings is 1. The van der Waals surface area contributed by atoms with Gasteiger partial charge in [0, 0.05) is 62.0 Å². The Balaban J connectivity index is 0.873. The smallest absolute Gasteiger partial charge is 0.293 e. The minimum atomic E-state index is -4.63. The van der Waals surface area contributed by atoms with Crippen molar-refractivity contribution < 1.29 is 37.5 Å². The van der Waals surface area contributed by atoms with Gasteiger partial charge in [0.2, 0.25) is 5.88 Å². The number of carbonyl (C=O) groups excluding carboxylic acids is 1. The number of amides is 1. The van der Waals surface area contributed by atoms with E-state index in [2.05, 4.69) is 69.9 Å². The number of nitro benzene ring substituents is 1. The zero-order valence-electron chi connectivity index (χ0n) is 42.2. The first-order chi connectivity index (χ1) is 35.1. The average molecular weight is 1020 g/mol. The number of H-pyrrole nitrogens is 1. The summed E-state index contributed by atoms with van der Waals surface area (Å²) in [6, 6.07) is 22.2. The predicted octanol–water partition coefficient (Wildman–Crippen LogP) is 8.82. The zero-order chi connectivity index (χ0) is 50.8. The van der Waals surface area contributed by atoms with Gasteiger partial charge in [0.1, 0.15) is 23.1 Å². The number of aliphatic hydroxyl groups is 1. The molecule has 3 aromatic carbocycles. The maximum Gasteiger partial charge on any atom is 0.293 e. The molecule has 0 radical (unpaired) electrons. The van der Waals surface area contributed by atoms with Gasteiger partial charge >= 0.3 is 0 Å². The summed E-state index contributed by atoms with van der Waals surface area (Å²) >= 11 is 0. The van der Waals surface area contributed by atoms with Gasteiger partial charge < -0.3 is 39.4 Å². The van der Waals surface area contributed by atoms with Crippen LogP contribution in [0.25, 0.3) is 11.0 Å². The Morgan fingerprint density at radius 2 is 1.73 bits per heavy atom. The third-order valence-corrected chi connectivity index (χ3v) is 18.7. The van der Waals surface area contributed by atoms with E-state index in [4.69, 9.17) is 19.2 Å². The van der Waals surface area contributed by atoms with Crippen molar-refractivity contribution >= 4 is 55.4 Å². The Hall–Kier alpha value is -5.79. The molecule has 18 heteroatoms. The first kappa shape index (κ1) is 49.4. The van der Waals surface area contributed by atoms with Crippen molar-refractivity contribution in [3.05, 3.63) is 106 Å². The van der Waals surface area contributed by atoms with Crippen LogP contribution in [0.5, 0.6) is 5.88 Å². The van der Waals surface area contributed by atoms with Crippen LogP contribution in [-0.4, -0.2) is 116 Å². The van der Waals surface area contributed by atoms with E-state index < -0.39 is 37.0 Å². The molecule has 2 aromatic heterocycles. The van der Waals surface area contributed by atoms with Gasteiger partial charge in [-0.25, -0.2) is 13.1 Å². The molecule has 5 aromatic rings. The third kappa shape index (κ3) is 9.42. The Kier molecular flexibility index (Phi) is 13.2. The topological polar surface area (TPSA) is 205 Å². The van der Waals surface area contributed by atoms with E-state index in [-0.39, 0.29) is 40.8 Å². The fourth-order valence-corrected chi connectivity index (χ4v) is 13.9. The number of carbonyl (C=O) groups is 1. The van der Waals surface area contributed by atoms with Crippen molar-refractivity contribution in [2.75, 3.05) is 67.7 Å². The van der Waals surface area contributed by atoms with Gasteiger partial charge in [0.15, 0.2) is 0 Å². The summed E-state index contributed by atoms with van der Waals surface area (Å²) in [5.74, 6) is 0.611. The van der Waals surface area contributed by atoms with E-state index in [1.807, 2.05) is 42.3 Å². The molecule has 2 saturated carbocycles. The molecule has 0 unspecified atom stereocenters. The van der Waals surface area contributed by atoms with Crippen LogP contribution in [0, 0.1) is 27.4 Å². The molecule has 5 fully saturated rings. The van der Waals surface area contributed by atoms with Crippen molar-refractivity contribution in [3.63, 3.8) is 0 Å². The Morgan fingerprint density at radius 1 is 0.945 bits per heavy atom. The molecule has 388 valence electrons. The highest BCUT2D eigenvalue weighted by atomic mass is 32.2. The number of nitrogens with zero attached hydrogens (tertiary/aromatic N) is 5. The number of fused-ring (bicyclic) bond motifs is 3. The van der Waals surface area contributed by atoms with Gasteiger partial charge in [-0.2, -0.15) is 4.98 Å². The van der Waals surface area contributed by atoms with Crippen LogP contribution in [-0.2, 0) is 19.5 Å². The highest BCUT2D eigenvalue weighted by Crippen LogP contribution is 2.57. The molecule has 17 nitrogen and oxygen atoms in total. The molecule has 4 N–H and O–H groups in total. The van der Waals surface area contributed by atoms with Crippen molar-refractivity contribution in [2.45, 2.75) is 120 Å². The first-order valence-corrected chi connectivity index (χ1v) is 27.7. The van der Waals surface area contributed by atoms with E-state index in [1.54, 1.807) is 6.07 Å². The van der Waals surface area contributed by atoms with Crippen LogP contribution in [0.3, 0.4) is 0 Å². The van der Waals surface area contributed by atoms with E-state index in [0.29, 0.717) is 86.4 Å². The molecule has 6 aliphatic rings. The Labute approximate surface area is 427 Å². The molecular weight excluding hydrogens is 949 g/mol. The maximum atomic E-state index is 14.7. The van der Waals surface area contributed by atoms with Crippen molar-refractivity contribution in [1.29, 1.82) is 0 Å². The molecule has 0 bridgehead atoms. The number of piperidine rings is 1. The highest BCUT2D eigenvalue weighted by molar-refractivity contribution is 7.90. The second kappa shape index (κ2) is 19.5. The summed E-state index contributed by atoms with van der Waals surface area (Å²) in [4.78, 5) is 41.3. The normalized spacial score (nSPS) is 27.2. The summed E-state index contributed by atoms with van der Waals surface area (Å²) < 4.78 is 49.5. The first-order valence-electron chi connectivity index (χ1n) is 26.2. The molecule has 3 saturated heterocycles. The molecule has 5 atom stereocenters. The highest BCUT2D eigenvalue weighted by Gasteiger charge is 2.55. The third-order valence-electron chi connectivity index (χ3n) is 17.4. The number of ether oxygens (including phenoxy) is 3. The van der Waals surface area contributed by atoms with Gasteiger partial charge in [-0.1, -0.05) is 45.0 Å². The fraction of sp³-hybridized carbons (Fsp3) is 0.527. The lowest BCUT2D eigenvalue weighted by atomic mass is 9.53. The lowest BCUT2D eigenvalue weighted by molar-refractivity contribution is -0.384. The second-order valence-electron chi connectivity index (χ2n) is 22.1. The minimum absolute atomic E-state index is 0.0981. The summed E-state index contributed by atoms with van der Waals surface area (Å²) in [7, 11) is -4.63. The number of pyridine rings is 1. The van der Waals surface area contributed by atoms with Crippen molar-refractivity contribution in [2.24, 2.45) is 17.3 Å². The summed E-state index contributed by atoms with van der Waals surface area (Å²) in [5, 5.41) is 26.8. The molecule has 73 heavy (non-hydrogen) atoms. The zero-order valence-corrected chi connectivity index (χ0v) is 43.0. The number of hydrogen-bond donors (Lipinski definition) is 4. The van der Waals surface area contributed by atoms with Gasteiger partial charge in [-0.05, 0) is 129 Å². The number of aromatic amines is 1. The standard InChI is InChI=1S/C55H68N8O9S/c1-34(2)40-7-5-6-8-41(40)48-32-71-26-24-61(48)47-30-55(35(47)3)19-22-60(23-20-55)38-9-11-42(44(28-38)62-46-27-37-15-21-56-51(37)58-53(46)72-50-16-25-70-33-49(50)62)52(64)59-73(68,69)39-10-12-43(45(29-39)63(66)67)57-31-36-13-17-54(4,65)18-14-36/h5-12,15,21,27-29,34-36,47-50,57,65H,13-14,16-20,22-26,30-33H2,1-4H3,(H,56,58)(H,59,64)/t35-,36-,47+,48+,49+,50+,54-/m0/s1. The SMILES string of the molecule is CC(C)c1ccccc1[C@H]1COCCN1[C@@H]1CC2(CCN(c3ccc(C(=O)NS(=O)(=O)c4ccc(NC[C@H]5CC[C@](C)(O)CC5)c([N+](=O)[O-])c4)c(N4c5cc6cc[nH]c6nc5O[C@@H]5CCOC[C@H]54)c3)CC2)[C@H]1C. The number of benzene rings is 3. The minimum Gasteiger partial charge on any atom is -0.470 e. The number of anilines is 4. The van der Waals surface area contributed by atoms with Crippen LogP contribution in [0.15, 0.2) is 83.9 Å². The van der Waals surface area contributed by atoms with Crippen molar-refractivity contribution in [3.8, 4) is 5.88 Å². The predicted molar refractivity (Wildman–Crippen MR) is 279 cm³/mol. The lowest BCUT2D eigenvalue weighted by Gasteiger charge is -2.62. The number of sulfonamides is 1. The van der Waals surface area contributed by atoms with Crippen LogP contribution in [0.4, 0.5) is 28.4 Å². The lowest BCUT2D eigenvalue weighted by Crippen LogP contribution is -2.63. The van der Waals surface area contributed by atoms with Crippen LogP contribution in [0.1, 0.15) is 113 Å². The number of rotatable bonds is 12. The summed E-state index contributed by atoms with van der Waals surface area (Å²) in [6.45, 7) is 14.0. The average Bonchev–Trinajstić information content (AvgIpc) is 3.85. The number of hydrogen-bond acceptors (Lipinski definition) is 14. The van der Waals surface area contributed by atoms with E-state index in [1.165, 1.54) is 23.3 Å². The van der Waals surface area contributed by atoms with E-state index >= 15 is 0 Å². The van der Waals surface area contributed by atoms with Crippen molar-refractivity contribution in [1.82, 2.24) is 19.6 Å². The van der Waals surface area contributed by atoms with E-state index in [9.17, 15) is 28.4 Å². The van der Waals surface area contributed by atoms with Gasteiger partial charge in [-0.3, -0.25) is 19.8 Å². The van der Waals surface area contributed by atoms with Gasteiger partial charge in [-0.15, -0.1) is 0 Å². The molecule has 1 amide bonds.